The summed E-state index contributed by atoms with van der Waals surface area (Å²) in [6.45, 7) is 16.8. The van der Waals surface area contributed by atoms with Crippen LogP contribution in [0.4, 0.5) is 0 Å². The zero-order chi connectivity index (χ0) is 63.2. The topological polar surface area (TPSA) is 383 Å². The molecule has 0 bridgehead atoms. The van der Waals surface area contributed by atoms with Gasteiger partial charge in [-0.05, 0) is 137 Å². The molecule has 86 heavy (non-hydrogen) atoms. The Morgan fingerprint density at radius 2 is 1.15 bits per heavy atom. The molecule has 0 spiro atoms. The molecule has 4 aliphatic heterocycles. The summed E-state index contributed by atoms with van der Waals surface area (Å²) in [4.78, 5) is 12.5. The lowest BCUT2D eigenvalue weighted by Gasteiger charge is -2.71. The molecule has 4 heterocycles. The fourth-order valence-corrected chi connectivity index (χ4v) is 17.2. The van der Waals surface area contributed by atoms with Crippen molar-refractivity contribution in [2.24, 2.45) is 45.3 Å². The monoisotopic (exact) mass is 1230 g/mol. The van der Waals surface area contributed by atoms with Gasteiger partial charge in [-0.3, -0.25) is 0 Å². The number of fused-ring (bicyclic) bond motifs is 5. The molecule has 8 fully saturated rings. The summed E-state index contributed by atoms with van der Waals surface area (Å²) in [5.74, 6) is -1.25. The minimum Gasteiger partial charge on any atom is -0.460 e. The van der Waals surface area contributed by atoms with Crippen molar-refractivity contribution in [1.82, 2.24) is 0 Å². The normalized spacial score (nSPS) is 48.4. The number of carbonyl (C=O) groups is 1. The highest BCUT2D eigenvalue weighted by molar-refractivity contribution is 5.81. The molecule has 0 aromatic rings. The highest BCUT2D eigenvalue weighted by Crippen LogP contribution is 2.76. The Labute approximate surface area is 505 Å². The minimum absolute atomic E-state index is 0.0142. The number of carbonyl (C=O) groups excluding carboxylic acids is 1. The first-order chi connectivity index (χ1) is 40.4. The van der Waals surface area contributed by atoms with Crippen molar-refractivity contribution in [3.8, 4) is 0 Å². The quantitative estimate of drug-likeness (QED) is 0.0230. The van der Waals surface area contributed by atoms with E-state index in [9.17, 15) is 76.3 Å². The number of aliphatic hydroxyl groups is 14. The van der Waals surface area contributed by atoms with Crippen LogP contribution in [0, 0.1) is 45.3 Å². The van der Waals surface area contributed by atoms with E-state index in [1.54, 1.807) is 6.08 Å². The van der Waals surface area contributed by atoms with E-state index in [-0.39, 0.29) is 34.5 Å². The standard InChI is InChI=1S/C62H104O24/c1-10-11-12-13-14-17-40(66)78-28-35-44(69)47(72)51(76)55(82-35)85-53-49(74)43(68)34(27-64)81-57(53)84-39-20-22-59(6)37(58(39,4)5)19-24-60(7)38(59)25-32(65)41-31(18-23-61(41,60)8)62(9,21-15-16-30(2)3)86-56-52(77)48(73)45(70)36(83-56)29-79-54-50(75)46(71)42(67)33(26-63)80-54/h14,16-17,31-39,41-57,63-65,67-77H,10-13,15,18-29H2,1-9H3/b17-14+/t31-,32+,33+,34+,35+,36+,37+,38+,39-,41-,42+,43+,44+,45+,46-,47-,48-,49-,50+,51+,52+,53+,54+,55-,56-,57-,59-,60+,61+,62-/m0/s1. The van der Waals surface area contributed by atoms with E-state index >= 15 is 0 Å². The molecule has 0 amide bonds. The van der Waals surface area contributed by atoms with Gasteiger partial charge in [-0.1, -0.05) is 72.1 Å². The van der Waals surface area contributed by atoms with Gasteiger partial charge >= 0.3 is 5.97 Å². The van der Waals surface area contributed by atoms with Crippen LogP contribution in [0.5, 0.6) is 0 Å². The molecule has 0 radical (unpaired) electrons. The third-order valence-electron chi connectivity index (χ3n) is 22.3. The summed E-state index contributed by atoms with van der Waals surface area (Å²) < 4.78 is 55.0. The largest absolute Gasteiger partial charge is 0.460 e. The predicted molar refractivity (Wildman–Crippen MR) is 303 cm³/mol. The lowest BCUT2D eigenvalue weighted by molar-refractivity contribution is -0.378. The predicted octanol–water partition coefficient (Wildman–Crippen LogP) is 0.485. The van der Waals surface area contributed by atoms with Crippen LogP contribution in [0.1, 0.15) is 146 Å². The highest BCUT2D eigenvalue weighted by Gasteiger charge is 2.72. The Morgan fingerprint density at radius 1 is 0.593 bits per heavy atom. The first kappa shape index (κ1) is 69.9. The SMILES string of the molecule is CCCCC/C=C/C(=O)OC[C@H]1O[C@@H](O[C@H]2[C@H](O[C@H]3CC[C@@]4(C)[C@H](CC[C@]5(C)[C@@H]4C[C@@H](O)[C@@H]4[C@@H]([C@](C)(CCC=C(C)C)O[C@@H]6O[C@H](CO[C@@H]7O[C@H](CO)[C@@H](O)[C@H](O)[C@H]7O)[C@@H](O)[C@H](O)[C@H]6O)CC[C@]45C)C3(C)C)O[C@H](CO)[C@@H](O)[C@@H]2O)[C@H](O)[C@@H](O)[C@@H]1O. The molecule has 496 valence electrons. The number of ether oxygens (including phenoxy) is 9. The fraction of sp³-hybridized carbons (Fsp3) is 0.919. The number of allylic oxidation sites excluding steroid dienone is 3. The average Bonchev–Trinajstić information content (AvgIpc) is 1.23. The molecular formula is C62H104O24. The summed E-state index contributed by atoms with van der Waals surface area (Å²) in [6.07, 6.45) is -19.3. The van der Waals surface area contributed by atoms with Crippen molar-refractivity contribution in [1.29, 1.82) is 0 Å². The second kappa shape index (κ2) is 28.1. The van der Waals surface area contributed by atoms with Gasteiger partial charge in [-0.2, -0.15) is 0 Å². The fourth-order valence-electron chi connectivity index (χ4n) is 17.2. The zero-order valence-electron chi connectivity index (χ0n) is 51.6. The van der Waals surface area contributed by atoms with E-state index < -0.39 is 184 Å². The van der Waals surface area contributed by atoms with Gasteiger partial charge in [-0.15, -0.1) is 0 Å². The molecule has 4 saturated heterocycles. The van der Waals surface area contributed by atoms with Crippen LogP contribution in [0.25, 0.3) is 0 Å². The van der Waals surface area contributed by atoms with Crippen molar-refractivity contribution in [3.63, 3.8) is 0 Å². The lowest BCUT2D eigenvalue weighted by Crippen LogP contribution is -2.68. The number of aliphatic hydroxyl groups excluding tert-OH is 14. The van der Waals surface area contributed by atoms with Crippen molar-refractivity contribution >= 4 is 5.97 Å². The molecule has 0 aromatic carbocycles. The van der Waals surface area contributed by atoms with Crippen molar-refractivity contribution in [3.05, 3.63) is 23.8 Å². The first-order valence-electron chi connectivity index (χ1n) is 31.5. The number of hydrogen-bond donors (Lipinski definition) is 14. The summed E-state index contributed by atoms with van der Waals surface area (Å²) in [7, 11) is 0. The minimum atomic E-state index is -1.87. The molecule has 8 aliphatic rings. The van der Waals surface area contributed by atoms with E-state index in [0.29, 0.717) is 44.9 Å². The highest BCUT2D eigenvalue weighted by atomic mass is 16.8. The smallest absolute Gasteiger partial charge is 0.330 e. The molecule has 24 nitrogen and oxygen atoms in total. The summed E-state index contributed by atoms with van der Waals surface area (Å²) in [6, 6.07) is 0. The number of hydrogen-bond acceptors (Lipinski definition) is 24. The van der Waals surface area contributed by atoms with Crippen LogP contribution in [0.15, 0.2) is 23.8 Å². The van der Waals surface area contributed by atoms with Gasteiger partial charge < -0.3 is 114 Å². The Hall–Kier alpha value is -1.93. The summed E-state index contributed by atoms with van der Waals surface area (Å²) in [5, 5.41) is 154. The molecule has 30 atom stereocenters. The van der Waals surface area contributed by atoms with E-state index in [2.05, 4.69) is 47.6 Å². The Morgan fingerprint density at radius 3 is 1.78 bits per heavy atom. The molecule has 0 aromatic heterocycles. The second-order valence-electron chi connectivity index (χ2n) is 28.1. The van der Waals surface area contributed by atoms with Crippen molar-refractivity contribution in [2.45, 2.75) is 286 Å². The van der Waals surface area contributed by atoms with Crippen LogP contribution >= 0.6 is 0 Å². The lowest BCUT2D eigenvalue weighted by atomic mass is 9.35. The summed E-state index contributed by atoms with van der Waals surface area (Å²) >= 11 is 0. The van der Waals surface area contributed by atoms with Gasteiger partial charge in [0.25, 0.3) is 0 Å². The Kier molecular flexibility index (Phi) is 22.9. The molecule has 14 N–H and O–H groups in total. The molecule has 4 aliphatic carbocycles. The van der Waals surface area contributed by atoms with Crippen LogP contribution < -0.4 is 0 Å². The van der Waals surface area contributed by atoms with Crippen molar-refractivity contribution in [2.75, 3.05) is 26.4 Å². The summed E-state index contributed by atoms with van der Waals surface area (Å²) in [5.41, 5.74) is -1.70. The third-order valence-corrected chi connectivity index (χ3v) is 22.3. The molecule has 0 unspecified atom stereocenters. The molecule has 4 saturated carbocycles. The van der Waals surface area contributed by atoms with E-state index in [4.69, 9.17) is 42.6 Å². The van der Waals surface area contributed by atoms with Crippen LogP contribution in [-0.2, 0) is 47.4 Å². The number of unbranched alkanes of at least 4 members (excludes halogenated alkanes) is 3. The zero-order valence-corrected chi connectivity index (χ0v) is 51.6. The van der Waals surface area contributed by atoms with Crippen LogP contribution in [-0.4, -0.2) is 245 Å². The molecular weight excluding hydrogens is 1130 g/mol. The maximum atomic E-state index is 12.9. The first-order valence-corrected chi connectivity index (χ1v) is 31.5. The van der Waals surface area contributed by atoms with Gasteiger partial charge in [0, 0.05) is 6.08 Å². The number of esters is 1. The average molecular weight is 1230 g/mol. The van der Waals surface area contributed by atoms with Gasteiger partial charge in [0.2, 0.25) is 0 Å². The van der Waals surface area contributed by atoms with Gasteiger partial charge in [-0.25, -0.2) is 4.79 Å². The maximum Gasteiger partial charge on any atom is 0.330 e. The van der Waals surface area contributed by atoms with E-state index in [1.165, 1.54) is 6.08 Å². The van der Waals surface area contributed by atoms with Crippen LogP contribution in [0.2, 0.25) is 0 Å². The number of rotatable bonds is 22. The second-order valence-corrected chi connectivity index (χ2v) is 28.1. The molecule has 24 heteroatoms. The van der Waals surface area contributed by atoms with Gasteiger partial charge in [0.1, 0.15) is 104 Å². The maximum absolute atomic E-state index is 12.9. The van der Waals surface area contributed by atoms with Crippen LogP contribution in [0.3, 0.4) is 0 Å². The van der Waals surface area contributed by atoms with E-state index in [0.717, 1.165) is 44.1 Å². The van der Waals surface area contributed by atoms with Gasteiger partial charge in [0.05, 0.1) is 37.6 Å². The van der Waals surface area contributed by atoms with Gasteiger partial charge in [0.15, 0.2) is 25.2 Å². The van der Waals surface area contributed by atoms with Crippen molar-refractivity contribution < 1.29 is 119 Å². The Balaban J connectivity index is 0.982. The Bertz CT molecular complexity index is 2270. The third kappa shape index (κ3) is 13.5. The van der Waals surface area contributed by atoms with E-state index in [1.807, 2.05) is 20.8 Å². The molecule has 8 rings (SSSR count).